The van der Waals surface area contributed by atoms with Crippen LogP contribution in [0.3, 0.4) is 0 Å². The van der Waals surface area contributed by atoms with Gasteiger partial charge in [0.25, 0.3) is 10.1 Å². The van der Waals surface area contributed by atoms with Gasteiger partial charge in [0.05, 0.1) is 10.3 Å². The molecule has 0 saturated heterocycles. The number of hydrogen-bond acceptors (Lipinski definition) is 4. The highest BCUT2D eigenvalue weighted by Crippen LogP contribution is 2.49. The van der Waals surface area contributed by atoms with Gasteiger partial charge in [0, 0.05) is 58.4 Å². The van der Waals surface area contributed by atoms with Crippen LogP contribution in [0.25, 0.3) is 0 Å². The monoisotopic (exact) mass is 763 g/mol. The fraction of sp³-hybridized carbons (Fsp3) is 0.463. The number of halogens is 1. The number of nitrogens with zero attached hydrogens (tertiary/aromatic N) is 2. The Hall–Kier alpha value is -3.27. The summed E-state index contributed by atoms with van der Waals surface area (Å²) in [6.45, 7) is 12.6. The van der Waals surface area contributed by atoms with Gasteiger partial charge in [0.2, 0.25) is 5.69 Å². The number of carbonyl (C=O) groups is 1. The molecule has 1 unspecified atom stereocenters. The van der Waals surface area contributed by atoms with E-state index in [4.69, 9.17) is 0 Å². The van der Waals surface area contributed by atoms with Gasteiger partial charge in [-0.3, -0.25) is 9.35 Å². The average molecular weight is 765 g/mol. The van der Waals surface area contributed by atoms with Crippen LogP contribution in [0, 0.1) is 0 Å². The smallest absolute Gasteiger partial charge is 0.303 e. The Bertz CT molecular complexity index is 1900. The third-order valence-electron chi connectivity index (χ3n) is 10.6. The lowest BCUT2D eigenvalue weighted by atomic mass is 9.75. The van der Waals surface area contributed by atoms with Crippen molar-refractivity contribution in [1.29, 1.82) is 0 Å². The first kappa shape index (κ1) is 38.0. The number of benzene rings is 2. The van der Waals surface area contributed by atoms with E-state index in [9.17, 15) is 22.9 Å². The van der Waals surface area contributed by atoms with Gasteiger partial charge in [-0.25, -0.2) is 0 Å². The fourth-order valence-corrected chi connectivity index (χ4v) is 9.10. The molecule has 0 aromatic heterocycles. The third-order valence-corrected chi connectivity index (χ3v) is 12.5. The highest BCUT2D eigenvalue weighted by molar-refractivity contribution is 9.12. The van der Waals surface area contributed by atoms with Crippen LogP contribution < -0.4 is 4.90 Å². The molecule has 1 atom stereocenters. The van der Waals surface area contributed by atoms with Crippen molar-refractivity contribution in [3.8, 4) is 0 Å². The van der Waals surface area contributed by atoms with Crippen molar-refractivity contribution in [1.82, 2.24) is 0 Å². The van der Waals surface area contributed by atoms with Gasteiger partial charge in [-0.1, -0.05) is 86.8 Å². The number of rotatable bonds is 14. The molecule has 3 aliphatic rings. The third kappa shape index (κ3) is 7.65. The molecule has 0 fully saturated rings. The van der Waals surface area contributed by atoms with Crippen LogP contribution in [-0.2, 0) is 25.7 Å². The number of hydrogen-bond donors (Lipinski definition) is 2. The Morgan fingerprint density at radius 1 is 0.980 bits per heavy atom. The van der Waals surface area contributed by atoms with Gasteiger partial charge in [-0.2, -0.15) is 13.0 Å². The van der Waals surface area contributed by atoms with Crippen molar-refractivity contribution < 1.29 is 27.4 Å². The van der Waals surface area contributed by atoms with Crippen LogP contribution in [-0.4, -0.2) is 47.4 Å². The molecule has 0 bridgehead atoms. The highest BCUT2D eigenvalue weighted by atomic mass is 79.9. The second kappa shape index (κ2) is 15.5. The lowest BCUT2D eigenvalue weighted by molar-refractivity contribution is -0.438. The topological polar surface area (TPSA) is 97.9 Å². The number of carboxylic acid groups (broad SMARTS) is 1. The van der Waals surface area contributed by atoms with Crippen molar-refractivity contribution in [2.75, 3.05) is 18.0 Å². The maximum Gasteiger partial charge on any atom is 0.303 e. The summed E-state index contributed by atoms with van der Waals surface area (Å²) in [7, 11) is -4.31. The molecule has 5 rings (SSSR count). The Morgan fingerprint density at radius 2 is 1.74 bits per heavy atom. The SMILES string of the molecule is CCCC[N+]1=C(/C=C/C2=C(Br)C(=C/C=C3/N(CCC)c4ccc(S(=O)(=O)O)cc4C3(C)C)/CCC2)C(C)(CCCCC(=O)O)c2ccccc21. The molecular weight excluding hydrogens is 712 g/mol. The molecule has 2 heterocycles. The van der Waals surface area contributed by atoms with Gasteiger partial charge in [0.1, 0.15) is 6.54 Å². The number of carboxylic acids is 1. The Balaban J connectivity index is 1.51. The van der Waals surface area contributed by atoms with E-state index in [1.165, 1.54) is 34.2 Å². The van der Waals surface area contributed by atoms with Gasteiger partial charge in [-0.15, -0.1) is 0 Å². The highest BCUT2D eigenvalue weighted by Gasteiger charge is 2.47. The second-order valence-corrected chi connectivity index (χ2v) is 16.8. The number of anilines is 1. The van der Waals surface area contributed by atoms with Crippen LogP contribution in [0.5, 0.6) is 0 Å². The quantitative estimate of drug-likeness (QED) is 0.113. The van der Waals surface area contributed by atoms with Gasteiger partial charge in [-0.05, 0) is 86.4 Å². The zero-order valence-electron chi connectivity index (χ0n) is 30.1. The summed E-state index contributed by atoms with van der Waals surface area (Å²) in [6, 6.07) is 13.6. The lowest BCUT2D eigenvalue weighted by Gasteiger charge is -2.27. The largest absolute Gasteiger partial charge is 0.481 e. The minimum Gasteiger partial charge on any atom is -0.481 e. The number of fused-ring (bicyclic) bond motifs is 2. The second-order valence-electron chi connectivity index (χ2n) is 14.5. The van der Waals surface area contributed by atoms with E-state index in [2.05, 4.69) is 109 Å². The van der Waals surface area contributed by atoms with Crippen molar-refractivity contribution in [3.05, 3.63) is 99.2 Å². The normalized spacial score (nSPS) is 21.9. The number of unbranched alkanes of at least 4 members (excludes halogenated alkanes) is 2. The average Bonchev–Trinajstić information content (AvgIpc) is 3.43. The molecule has 9 heteroatoms. The molecule has 50 heavy (non-hydrogen) atoms. The summed E-state index contributed by atoms with van der Waals surface area (Å²) in [5.74, 6) is -0.741. The summed E-state index contributed by atoms with van der Waals surface area (Å²) in [6.07, 6.45) is 17.7. The molecule has 2 N–H and O–H groups in total. The van der Waals surface area contributed by atoms with E-state index in [-0.39, 0.29) is 16.7 Å². The molecule has 2 aliphatic heterocycles. The van der Waals surface area contributed by atoms with E-state index in [0.29, 0.717) is 6.42 Å². The standard InChI is InChI=1S/C41H51BrN2O5S/c1-6-8-27-44-34-17-10-9-16-32(34)41(5,25-12-11-18-38(45)46)37(44)24-20-30-15-13-14-29(39(30)42)19-23-36-40(3,4)33-28-31(50(47,48)49)21-22-35(33)43(36)26-7-2/h9-10,16-17,19-24,28H,6-8,11-15,18,25-27H2,1-5H3,(H-,45,46,47,48,49)/p+1. The first-order chi connectivity index (χ1) is 23.7. The first-order valence-electron chi connectivity index (χ1n) is 18.1. The molecule has 1 aliphatic carbocycles. The summed E-state index contributed by atoms with van der Waals surface area (Å²) < 4.78 is 37.3. The minimum absolute atomic E-state index is 0.0809. The van der Waals surface area contributed by atoms with Crippen molar-refractivity contribution >= 4 is 49.1 Å². The Labute approximate surface area is 307 Å². The maximum absolute atomic E-state index is 12.0. The molecule has 7 nitrogen and oxygen atoms in total. The van der Waals surface area contributed by atoms with Crippen molar-refractivity contribution in [2.45, 2.75) is 115 Å². The maximum atomic E-state index is 12.0. The van der Waals surface area contributed by atoms with Crippen LogP contribution >= 0.6 is 15.9 Å². The van der Waals surface area contributed by atoms with E-state index in [1.54, 1.807) is 6.07 Å². The minimum atomic E-state index is -4.31. The molecule has 2 aromatic rings. The predicted octanol–water partition coefficient (Wildman–Crippen LogP) is 10.1. The summed E-state index contributed by atoms with van der Waals surface area (Å²) >= 11 is 4.00. The number of para-hydroxylation sites is 1. The van der Waals surface area contributed by atoms with Crippen LogP contribution in [0.15, 0.2) is 93.0 Å². The summed E-state index contributed by atoms with van der Waals surface area (Å²) in [5.41, 5.74) is 8.62. The summed E-state index contributed by atoms with van der Waals surface area (Å²) in [4.78, 5) is 13.5. The van der Waals surface area contributed by atoms with Gasteiger partial charge < -0.3 is 10.0 Å². The molecule has 2 aromatic carbocycles. The Morgan fingerprint density at radius 3 is 2.44 bits per heavy atom. The fourth-order valence-electron chi connectivity index (χ4n) is 7.94. The van der Waals surface area contributed by atoms with Crippen molar-refractivity contribution in [2.24, 2.45) is 0 Å². The molecular formula is C41H52BrN2O5S+. The van der Waals surface area contributed by atoms with E-state index >= 15 is 0 Å². The van der Waals surface area contributed by atoms with Gasteiger partial charge >= 0.3 is 5.97 Å². The van der Waals surface area contributed by atoms with Gasteiger partial charge in [0.15, 0.2) is 5.71 Å². The Kier molecular flexibility index (Phi) is 11.8. The molecule has 0 radical (unpaired) electrons. The van der Waals surface area contributed by atoms with E-state index in [0.717, 1.165) is 85.9 Å². The summed E-state index contributed by atoms with van der Waals surface area (Å²) in [5, 5.41) is 9.26. The zero-order chi connectivity index (χ0) is 36.3. The van der Waals surface area contributed by atoms with Crippen LogP contribution in [0.2, 0.25) is 0 Å². The zero-order valence-corrected chi connectivity index (χ0v) is 32.5. The van der Waals surface area contributed by atoms with E-state index < -0.39 is 21.5 Å². The molecule has 268 valence electrons. The molecule has 0 amide bonds. The predicted molar refractivity (Wildman–Crippen MR) is 207 cm³/mol. The number of allylic oxidation sites excluding steroid dienone is 8. The molecule has 0 spiro atoms. The first-order valence-corrected chi connectivity index (χ1v) is 20.3. The van der Waals surface area contributed by atoms with Crippen molar-refractivity contribution in [3.63, 3.8) is 0 Å². The number of aliphatic carboxylic acids is 1. The van der Waals surface area contributed by atoms with E-state index in [1.807, 2.05) is 6.07 Å². The van der Waals surface area contributed by atoms with Crippen LogP contribution in [0.4, 0.5) is 11.4 Å². The molecule has 0 saturated carbocycles. The lowest BCUT2D eigenvalue weighted by Crippen LogP contribution is -2.31. The van der Waals surface area contributed by atoms with Crippen LogP contribution in [0.1, 0.15) is 110 Å².